The van der Waals surface area contributed by atoms with E-state index in [1.807, 2.05) is 11.8 Å². The van der Waals surface area contributed by atoms with Gasteiger partial charge in [-0.1, -0.05) is 18.2 Å². The Balaban J connectivity index is 1.50. The maximum atomic E-state index is 4.84. The van der Waals surface area contributed by atoms with E-state index in [4.69, 9.17) is 4.99 Å². The molecule has 3 atom stereocenters. The third kappa shape index (κ3) is 3.02. The van der Waals surface area contributed by atoms with Crippen LogP contribution in [0.2, 0.25) is 0 Å². The number of amidine groups is 1. The summed E-state index contributed by atoms with van der Waals surface area (Å²) in [6, 6.07) is 0.735. The zero-order chi connectivity index (χ0) is 12.4. The van der Waals surface area contributed by atoms with Crippen LogP contribution in [0.15, 0.2) is 4.99 Å². The van der Waals surface area contributed by atoms with E-state index in [0.29, 0.717) is 0 Å². The first kappa shape index (κ1) is 12.8. The van der Waals surface area contributed by atoms with Crippen LogP contribution in [0, 0.1) is 11.8 Å². The summed E-state index contributed by atoms with van der Waals surface area (Å²) in [6.45, 7) is 3.52. The molecule has 3 fully saturated rings. The topological polar surface area (TPSA) is 27.6 Å². The van der Waals surface area contributed by atoms with Gasteiger partial charge in [0.15, 0.2) is 5.17 Å². The molecule has 3 rings (SSSR count). The van der Waals surface area contributed by atoms with Crippen molar-refractivity contribution in [1.82, 2.24) is 10.2 Å². The fourth-order valence-electron chi connectivity index (χ4n) is 3.54. The van der Waals surface area contributed by atoms with Crippen LogP contribution in [-0.2, 0) is 0 Å². The molecule has 1 N–H and O–H groups in total. The zero-order valence-electron chi connectivity index (χ0n) is 11.4. The lowest BCUT2D eigenvalue weighted by atomic mass is 9.99. The second-order valence-corrected chi connectivity index (χ2v) is 7.18. The van der Waals surface area contributed by atoms with Gasteiger partial charge >= 0.3 is 0 Å². The van der Waals surface area contributed by atoms with E-state index < -0.39 is 0 Å². The molecule has 2 saturated heterocycles. The molecule has 3 unspecified atom stereocenters. The number of nitrogens with zero attached hydrogens (tertiary/aromatic N) is 2. The first-order valence-electron chi connectivity index (χ1n) is 7.43. The highest BCUT2D eigenvalue weighted by molar-refractivity contribution is 8.13. The minimum absolute atomic E-state index is 0.735. The molecule has 3 aliphatic rings. The van der Waals surface area contributed by atoms with Crippen LogP contribution in [0.1, 0.15) is 32.1 Å². The highest BCUT2D eigenvalue weighted by atomic mass is 32.2. The van der Waals surface area contributed by atoms with Crippen LogP contribution in [0.3, 0.4) is 0 Å². The first-order chi connectivity index (χ1) is 8.81. The van der Waals surface area contributed by atoms with Crippen molar-refractivity contribution in [2.45, 2.75) is 38.1 Å². The Bertz CT molecular complexity index is 318. The Morgan fingerprint density at radius 1 is 1.33 bits per heavy atom. The van der Waals surface area contributed by atoms with Crippen LogP contribution in [0.25, 0.3) is 0 Å². The molecule has 2 heterocycles. The quantitative estimate of drug-likeness (QED) is 0.831. The summed E-state index contributed by atoms with van der Waals surface area (Å²) < 4.78 is 0. The molecule has 0 aromatic carbocycles. The molecule has 3 nitrogen and oxygen atoms in total. The van der Waals surface area contributed by atoms with E-state index in [9.17, 15) is 0 Å². The Kier molecular flexibility index (Phi) is 4.14. The van der Waals surface area contributed by atoms with Gasteiger partial charge in [-0.05, 0) is 51.1 Å². The van der Waals surface area contributed by atoms with Crippen molar-refractivity contribution in [3.05, 3.63) is 0 Å². The third-order valence-electron chi connectivity index (χ3n) is 4.62. The summed E-state index contributed by atoms with van der Waals surface area (Å²) in [5, 5.41) is 4.89. The Morgan fingerprint density at radius 2 is 2.28 bits per heavy atom. The van der Waals surface area contributed by atoms with Gasteiger partial charge in [0.25, 0.3) is 0 Å². The van der Waals surface area contributed by atoms with Crippen LogP contribution >= 0.6 is 11.8 Å². The fourth-order valence-corrected chi connectivity index (χ4v) is 4.71. The lowest BCUT2D eigenvalue weighted by molar-refractivity contribution is 0.214. The monoisotopic (exact) mass is 267 g/mol. The SMILES string of the molecule is CN1CCCC(CN=C2NC3CCCC3CS2)C1. The highest BCUT2D eigenvalue weighted by Gasteiger charge is 2.32. The lowest BCUT2D eigenvalue weighted by Crippen LogP contribution is -2.42. The second-order valence-electron chi connectivity index (χ2n) is 6.17. The predicted molar refractivity (Wildman–Crippen MR) is 79.2 cm³/mol. The molecule has 0 spiro atoms. The maximum Gasteiger partial charge on any atom is 0.156 e. The van der Waals surface area contributed by atoms with Crippen LogP contribution < -0.4 is 5.32 Å². The number of hydrogen-bond acceptors (Lipinski definition) is 3. The number of thioether (sulfide) groups is 1. The molecule has 1 saturated carbocycles. The van der Waals surface area contributed by atoms with Crippen molar-refractivity contribution < 1.29 is 0 Å². The van der Waals surface area contributed by atoms with E-state index in [-0.39, 0.29) is 0 Å². The van der Waals surface area contributed by atoms with Gasteiger partial charge in [-0.3, -0.25) is 4.99 Å². The normalized spacial score (nSPS) is 39.6. The molecule has 0 radical (unpaired) electrons. The summed E-state index contributed by atoms with van der Waals surface area (Å²) in [4.78, 5) is 7.29. The lowest BCUT2D eigenvalue weighted by Gasteiger charge is -2.30. The van der Waals surface area contributed by atoms with Crippen molar-refractivity contribution >= 4 is 16.9 Å². The molecule has 2 aliphatic heterocycles. The van der Waals surface area contributed by atoms with Crippen molar-refractivity contribution in [1.29, 1.82) is 0 Å². The van der Waals surface area contributed by atoms with E-state index in [1.54, 1.807) is 0 Å². The molecule has 1 aliphatic carbocycles. The van der Waals surface area contributed by atoms with Gasteiger partial charge in [-0.2, -0.15) is 0 Å². The summed E-state index contributed by atoms with van der Waals surface area (Å²) in [5.74, 6) is 2.98. The minimum atomic E-state index is 0.735. The highest BCUT2D eigenvalue weighted by Crippen LogP contribution is 2.32. The van der Waals surface area contributed by atoms with Gasteiger partial charge in [0.2, 0.25) is 0 Å². The van der Waals surface area contributed by atoms with Crippen molar-refractivity contribution in [2.75, 3.05) is 32.4 Å². The second kappa shape index (κ2) is 5.83. The van der Waals surface area contributed by atoms with Gasteiger partial charge in [-0.25, -0.2) is 0 Å². The van der Waals surface area contributed by atoms with Gasteiger partial charge in [-0.15, -0.1) is 0 Å². The third-order valence-corrected chi connectivity index (χ3v) is 5.73. The van der Waals surface area contributed by atoms with Gasteiger partial charge in [0, 0.05) is 24.9 Å². The summed E-state index contributed by atoms with van der Waals surface area (Å²) >= 11 is 1.95. The van der Waals surface area contributed by atoms with Gasteiger partial charge in [0.05, 0.1) is 0 Å². The van der Waals surface area contributed by atoms with Gasteiger partial charge in [0.1, 0.15) is 0 Å². The number of hydrogen-bond donors (Lipinski definition) is 1. The Hall–Kier alpha value is -0.220. The molecular formula is C14H25N3S. The van der Waals surface area contributed by atoms with E-state index in [1.165, 1.54) is 56.1 Å². The molecule has 102 valence electrons. The molecule has 0 amide bonds. The van der Waals surface area contributed by atoms with Gasteiger partial charge < -0.3 is 10.2 Å². The van der Waals surface area contributed by atoms with E-state index in [0.717, 1.165) is 24.4 Å². The minimum Gasteiger partial charge on any atom is -0.362 e. The summed E-state index contributed by atoms with van der Waals surface area (Å²) in [6.07, 6.45) is 6.89. The molecule has 0 aromatic heterocycles. The largest absolute Gasteiger partial charge is 0.362 e. The van der Waals surface area contributed by atoms with Crippen molar-refractivity contribution in [3.63, 3.8) is 0 Å². The standard InChI is InChI=1S/C14H25N3S/c1-17-7-3-4-11(9-17)8-15-14-16-13-6-2-5-12(13)10-18-14/h11-13H,2-10H2,1H3,(H,15,16). The van der Waals surface area contributed by atoms with Crippen molar-refractivity contribution in [2.24, 2.45) is 16.8 Å². The first-order valence-corrected chi connectivity index (χ1v) is 8.42. The fraction of sp³-hybridized carbons (Fsp3) is 0.929. The van der Waals surface area contributed by atoms with Crippen molar-refractivity contribution in [3.8, 4) is 0 Å². The average Bonchev–Trinajstić information content (AvgIpc) is 2.84. The number of piperidine rings is 1. The van der Waals surface area contributed by atoms with Crippen LogP contribution in [0.4, 0.5) is 0 Å². The molecule has 0 aromatic rings. The smallest absolute Gasteiger partial charge is 0.156 e. The molecule has 0 bridgehead atoms. The van der Waals surface area contributed by atoms with Crippen LogP contribution in [-0.4, -0.2) is 48.5 Å². The predicted octanol–water partition coefficient (Wildman–Crippen LogP) is 2.19. The summed E-state index contributed by atoms with van der Waals surface area (Å²) in [5.41, 5.74) is 0. The Morgan fingerprint density at radius 3 is 3.17 bits per heavy atom. The molecule has 4 heteroatoms. The summed E-state index contributed by atoms with van der Waals surface area (Å²) in [7, 11) is 2.23. The van der Waals surface area contributed by atoms with E-state index >= 15 is 0 Å². The number of nitrogens with one attached hydrogen (secondary N) is 1. The number of aliphatic imine (C=N–C) groups is 1. The number of fused-ring (bicyclic) bond motifs is 1. The number of likely N-dealkylation sites (tertiary alicyclic amines) is 1. The maximum absolute atomic E-state index is 4.84. The zero-order valence-corrected chi connectivity index (χ0v) is 12.2. The molecule has 18 heavy (non-hydrogen) atoms. The van der Waals surface area contributed by atoms with E-state index in [2.05, 4.69) is 17.3 Å². The molecular weight excluding hydrogens is 242 g/mol. The van der Waals surface area contributed by atoms with Crippen LogP contribution in [0.5, 0.6) is 0 Å². The Labute approximate surface area is 115 Å². The average molecular weight is 267 g/mol. The number of rotatable bonds is 2.